The van der Waals surface area contributed by atoms with Crippen molar-refractivity contribution in [2.75, 3.05) is 33.2 Å². The van der Waals surface area contributed by atoms with Crippen molar-refractivity contribution in [3.63, 3.8) is 0 Å². The lowest BCUT2D eigenvalue weighted by molar-refractivity contribution is 0.203. The molecule has 0 spiro atoms. The molecule has 1 aliphatic rings. The standard InChI is InChI=1S/C17H32N6/c1-4-5-9-22-10-6-16(7-11-22)21-17(18-3)19-8-12-23-14-15(2)13-20-23/h13-14,16H,4-12H2,1-3H3,(H2,18,19,21). The van der Waals surface area contributed by atoms with Gasteiger partial charge in [0.05, 0.1) is 12.7 Å². The van der Waals surface area contributed by atoms with Gasteiger partial charge in [-0.1, -0.05) is 13.3 Å². The van der Waals surface area contributed by atoms with Gasteiger partial charge in [0.15, 0.2) is 5.96 Å². The van der Waals surface area contributed by atoms with E-state index in [0.717, 1.165) is 19.0 Å². The molecule has 2 heterocycles. The maximum absolute atomic E-state index is 4.34. The Morgan fingerprint density at radius 1 is 1.35 bits per heavy atom. The van der Waals surface area contributed by atoms with Crippen LogP contribution in [0.3, 0.4) is 0 Å². The van der Waals surface area contributed by atoms with E-state index < -0.39 is 0 Å². The predicted molar refractivity (Wildman–Crippen MR) is 95.8 cm³/mol. The van der Waals surface area contributed by atoms with Crippen molar-refractivity contribution < 1.29 is 0 Å². The number of nitrogens with zero attached hydrogens (tertiary/aromatic N) is 4. The normalized spacial score (nSPS) is 17.4. The minimum atomic E-state index is 0.533. The van der Waals surface area contributed by atoms with Gasteiger partial charge in [0.1, 0.15) is 0 Å². The van der Waals surface area contributed by atoms with E-state index in [0.29, 0.717) is 6.04 Å². The summed E-state index contributed by atoms with van der Waals surface area (Å²) in [5.41, 5.74) is 1.20. The molecule has 0 aliphatic carbocycles. The Hall–Kier alpha value is -1.56. The smallest absolute Gasteiger partial charge is 0.191 e. The fourth-order valence-corrected chi connectivity index (χ4v) is 2.95. The quantitative estimate of drug-likeness (QED) is 0.592. The molecule has 23 heavy (non-hydrogen) atoms. The van der Waals surface area contributed by atoms with Crippen molar-refractivity contribution in [2.45, 2.75) is 52.1 Å². The predicted octanol–water partition coefficient (Wildman–Crippen LogP) is 1.62. The zero-order valence-electron chi connectivity index (χ0n) is 14.9. The molecule has 6 nitrogen and oxygen atoms in total. The van der Waals surface area contributed by atoms with Gasteiger partial charge in [-0.3, -0.25) is 9.67 Å². The van der Waals surface area contributed by atoms with Crippen LogP contribution in [0.5, 0.6) is 0 Å². The maximum Gasteiger partial charge on any atom is 0.191 e. The molecule has 130 valence electrons. The maximum atomic E-state index is 4.34. The summed E-state index contributed by atoms with van der Waals surface area (Å²) in [6, 6.07) is 0.533. The van der Waals surface area contributed by atoms with Crippen LogP contribution in [0.2, 0.25) is 0 Å². The van der Waals surface area contributed by atoms with E-state index in [9.17, 15) is 0 Å². The second kappa shape index (κ2) is 9.55. The van der Waals surface area contributed by atoms with Crippen LogP contribution in [0.1, 0.15) is 38.2 Å². The molecule has 0 bridgehead atoms. The summed E-state index contributed by atoms with van der Waals surface area (Å²) in [5, 5.41) is 11.2. The first-order valence-electron chi connectivity index (χ1n) is 8.90. The summed E-state index contributed by atoms with van der Waals surface area (Å²) in [5.74, 6) is 0.904. The van der Waals surface area contributed by atoms with Gasteiger partial charge in [-0.2, -0.15) is 5.10 Å². The van der Waals surface area contributed by atoms with Crippen LogP contribution in [0.4, 0.5) is 0 Å². The number of guanidine groups is 1. The second-order valence-electron chi connectivity index (χ2n) is 6.39. The van der Waals surface area contributed by atoms with Gasteiger partial charge < -0.3 is 15.5 Å². The summed E-state index contributed by atoms with van der Waals surface area (Å²) in [4.78, 5) is 6.92. The van der Waals surface area contributed by atoms with E-state index in [1.54, 1.807) is 0 Å². The van der Waals surface area contributed by atoms with Gasteiger partial charge >= 0.3 is 0 Å². The lowest BCUT2D eigenvalue weighted by Gasteiger charge is -2.33. The number of piperidine rings is 1. The van der Waals surface area contributed by atoms with Crippen LogP contribution in [0.15, 0.2) is 17.4 Å². The van der Waals surface area contributed by atoms with Gasteiger partial charge in [-0.05, 0) is 38.3 Å². The van der Waals surface area contributed by atoms with Gasteiger partial charge in [0.2, 0.25) is 0 Å². The number of nitrogens with one attached hydrogen (secondary N) is 2. The molecule has 1 saturated heterocycles. The summed E-state index contributed by atoms with van der Waals surface area (Å²) >= 11 is 0. The molecule has 0 amide bonds. The fraction of sp³-hybridized carbons (Fsp3) is 0.765. The highest BCUT2D eigenvalue weighted by Crippen LogP contribution is 2.10. The number of aliphatic imine (C=N–C) groups is 1. The number of hydrogen-bond acceptors (Lipinski definition) is 3. The van der Waals surface area contributed by atoms with Gasteiger partial charge in [0.25, 0.3) is 0 Å². The monoisotopic (exact) mass is 320 g/mol. The van der Waals surface area contributed by atoms with E-state index in [1.165, 1.54) is 50.9 Å². The lowest BCUT2D eigenvalue weighted by atomic mass is 10.0. The summed E-state index contributed by atoms with van der Waals surface area (Å²) < 4.78 is 1.96. The topological polar surface area (TPSA) is 57.5 Å². The molecule has 0 atom stereocenters. The van der Waals surface area contributed by atoms with Crippen LogP contribution in [-0.2, 0) is 6.54 Å². The summed E-state index contributed by atoms with van der Waals surface area (Å²) in [6.45, 7) is 9.64. The summed E-state index contributed by atoms with van der Waals surface area (Å²) in [6.07, 6.45) is 8.94. The Balaban J connectivity index is 1.65. The van der Waals surface area contributed by atoms with Crippen molar-refractivity contribution in [2.24, 2.45) is 4.99 Å². The molecule has 1 aliphatic heterocycles. The molecule has 0 aromatic carbocycles. The number of rotatable bonds is 7. The summed E-state index contributed by atoms with van der Waals surface area (Å²) in [7, 11) is 1.84. The lowest BCUT2D eigenvalue weighted by Crippen LogP contribution is -2.49. The highest BCUT2D eigenvalue weighted by Gasteiger charge is 2.19. The fourth-order valence-electron chi connectivity index (χ4n) is 2.95. The average Bonchev–Trinajstić information content (AvgIpc) is 2.98. The largest absolute Gasteiger partial charge is 0.355 e. The first-order chi connectivity index (χ1) is 11.2. The molecule has 2 rings (SSSR count). The van der Waals surface area contributed by atoms with E-state index in [2.05, 4.69) is 45.7 Å². The van der Waals surface area contributed by atoms with Crippen molar-refractivity contribution in [3.05, 3.63) is 18.0 Å². The SMILES string of the molecule is CCCCN1CCC(NC(=NC)NCCn2cc(C)cn2)CC1. The minimum Gasteiger partial charge on any atom is -0.355 e. The average molecular weight is 320 g/mol. The second-order valence-corrected chi connectivity index (χ2v) is 6.39. The van der Waals surface area contributed by atoms with Gasteiger partial charge in [-0.25, -0.2) is 0 Å². The third-order valence-electron chi connectivity index (χ3n) is 4.38. The molecule has 0 unspecified atom stereocenters. The molecule has 0 radical (unpaired) electrons. The molecule has 0 saturated carbocycles. The Labute approximate surface area is 140 Å². The van der Waals surface area contributed by atoms with Crippen molar-refractivity contribution in [1.29, 1.82) is 0 Å². The van der Waals surface area contributed by atoms with Crippen molar-refractivity contribution >= 4 is 5.96 Å². The van der Waals surface area contributed by atoms with E-state index in [-0.39, 0.29) is 0 Å². The third-order valence-corrected chi connectivity index (χ3v) is 4.38. The molecule has 1 aromatic heterocycles. The van der Waals surface area contributed by atoms with Crippen molar-refractivity contribution in [1.82, 2.24) is 25.3 Å². The number of aryl methyl sites for hydroxylation is 1. The number of likely N-dealkylation sites (tertiary alicyclic amines) is 1. The van der Waals surface area contributed by atoms with Crippen LogP contribution >= 0.6 is 0 Å². The zero-order chi connectivity index (χ0) is 16.5. The van der Waals surface area contributed by atoms with E-state index in [4.69, 9.17) is 0 Å². The Morgan fingerprint density at radius 3 is 2.74 bits per heavy atom. The zero-order valence-corrected chi connectivity index (χ0v) is 14.9. The van der Waals surface area contributed by atoms with Crippen LogP contribution < -0.4 is 10.6 Å². The van der Waals surface area contributed by atoms with E-state index in [1.807, 2.05) is 17.9 Å². The molecule has 6 heteroatoms. The molecule has 1 fully saturated rings. The van der Waals surface area contributed by atoms with Crippen LogP contribution in [-0.4, -0.2) is 59.9 Å². The Morgan fingerprint density at radius 2 is 2.13 bits per heavy atom. The molecular formula is C17H32N6. The number of aromatic nitrogens is 2. The molecular weight excluding hydrogens is 288 g/mol. The molecule has 1 aromatic rings. The van der Waals surface area contributed by atoms with Crippen LogP contribution in [0.25, 0.3) is 0 Å². The first kappa shape index (κ1) is 17.8. The highest BCUT2D eigenvalue weighted by atomic mass is 15.3. The third kappa shape index (κ3) is 6.22. The van der Waals surface area contributed by atoms with Crippen molar-refractivity contribution in [3.8, 4) is 0 Å². The van der Waals surface area contributed by atoms with E-state index >= 15 is 0 Å². The molecule has 2 N–H and O–H groups in total. The first-order valence-corrected chi connectivity index (χ1v) is 8.90. The minimum absolute atomic E-state index is 0.533. The Bertz CT molecular complexity index is 473. The number of unbranched alkanes of at least 4 members (excludes halogenated alkanes) is 1. The Kier molecular flexibility index (Phi) is 7.39. The van der Waals surface area contributed by atoms with Gasteiger partial charge in [0, 0.05) is 38.9 Å². The number of hydrogen-bond donors (Lipinski definition) is 2. The highest BCUT2D eigenvalue weighted by molar-refractivity contribution is 5.79. The van der Waals surface area contributed by atoms with Crippen LogP contribution in [0, 0.1) is 6.92 Å². The van der Waals surface area contributed by atoms with Gasteiger partial charge in [-0.15, -0.1) is 0 Å².